The average molecular weight is 726 g/mol. The maximum atomic E-state index is 6.83. The van der Waals surface area contributed by atoms with Crippen LogP contribution in [0.4, 0.5) is 11.4 Å². The van der Waals surface area contributed by atoms with Crippen molar-refractivity contribution in [2.75, 3.05) is 18.5 Å². The van der Waals surface area contributed by atoms with Crippen molar-refractivity contribution in [3.8, 4) is 0 Å². The molecule has 0 spiro atoms. The maximum absolute atomic E-state index is 6.83. The van der Waals surface area contributed by atoms with Gasteiger partial charge >= 0.3 is 0 Å². The first-order valence-corrected chi connectivity index (χ1v) is 19.9. The van der Waals surface area contributed by atoms with Gasteiger partial charge < -0.3 is 4.90 Å². The summed E-state index contributed by atoms with van der Waals surface area (Å²) in [6.45, 7) is 8.11. The first kappa shape index (κ1) is 35.8. The Bertz CT molecular complexity index is 2330. The van der Waals surface area contributed by atoms with Gasteiger partial charge in [0.15, 0.2) is 5.71 Å². The second-order valence-corrected chi connectivity index (χ2v) is 16.4. The second kappa shape index (κ2) is 14.9. The fourth-order valence-corrected chi connectivity index (χ4v) is 9.48. The van der Waals surface area contributed by atoms with Gasteiger partial charge in [0, 0.05) is 53.0 Å². The van der Waals surface area contributed by atoms with Gasteiger partial charge in [-0.25, -0.2) is 0 Å². The van der Waals surface area contributed by atoms with Crippen molar-refractivity contribution < 1.29 is 4.58 Å². The van der Waals surface area contributed by atoms with E-state index in [2.05, 4.69) is 195 Å². The second-order valence-electron chi connectivity index (χ2n) is 15.9. The predicted octanol–water partition coefficient (Wildman–Crippen LogP) is 12.5. The number of nitrogens with zero attached hydrogens (tertiary/aromatic N) is 2. The van der Waals surface area contributed by atoms with E-state index in [1.165, 1.54) is 61.4 Å². The van der Waals surface area contributed by atoms with Crippen molar-refractivity contribution in [1.29, 1.82) is 0 Å². The third-order valence-corrected chi connectivity index (χ3v) is 12.1. The predicted molar refractivity (Wildman–Crippen MR) is 230 cm³/mol. The Kier molecular flexibility index (Phi) is 9.90. The van der Waals surface area contributed by atoms with E-state index in [0.717, 1.165) is 37.3 Å². The van der Waals surface area contributed by atoms with Crippen molar-refractivity contribution >= 4 is 39.5 Å². The topological polar surface area (TPSA) is 6.25 Å². The number of allylic oxidation sites excluding steroid dienone is 4. The summed E-state index contributed by atoms with van der Waals surface area (Å²) in [7, 11) is 2.23. The summed E-state index contributed by atoms with van der Waals surface area (Å²) in [6, 6.07) is 53.0. The van der Waals surface area contributed by atoms with Gasteiger partial charge in [0.05, 0.1) is 5.41 Å². The van der Waals surface area contributed by atoms with Crippen LogP contribution in [0.15, 0.2) is 170 Å². The Hall–Kier alpha value is -5.18. The Labute approximate surface area is 326 Å². The fourth-order valence-electron chi connectivity index (χ4n) is 9.30. The van der Waals surface area contributed by atoms with E-state index >= 15 is 0 Å². The zero-order chi connectivity index (χ0) is 37.3. The molecule has 2 aliphatic rings. The van der Waals surface area contributed by atoms with Gasteiger partial charge in [0.2, 0.25) is 5.69 Å². The van der Waals surface area contributed by atoms with Crippen LogP contribution in [0.5, 0.6) is 0 Å². The summed E-state index contributed by atoms with van der Waals surface area (Å²) in [4.78, 5) is 2.41. The Morgan fingerprint density at radius 3 is 1.93 bits per heavy atom. The highest BCUT2D eigenvalue weighted by Gasteiger charge is 2.49. The molecule has 0 N–H and O–H groups in total. The molecule has 1 unspecified atom stereocenters. The Morgan fingerprint density at radius 2 is 1.30 bits per heavy atom. The molecule has 0 saturated carbocycles. The molecule has 6 aromatic carbocycles. The molecule has 6 aromatic rings. The molecule has 0 radical (unpaired) electrons. The lowest BCUT2D eigenvalue weighted by molar-refractivity contribution is -0.439. The smallest absolute Gasteiger partial charge is 0.210 e. The summed E-state index contributed by atoms with van der Waals surface area (Å²) in [6.07, 6.45) is 10.9. The fraction of sp³-hybridized carbons (Fsp3) is 0.235. The minimum absolute atomic E-state index is 0.243. The summed E-state index contributed by atoms with van der Waals surface area (Å²) in [5, 5.41) is 3.41. The van der Waals surface area contributed by atoms with Crippen LogP contribution in [0, 0.1) is 5.92 Å². The van der Waals surface area contributed by atoms with E-state index in [-0.39, 0.29) is 10.8 Å². The van der Waals surface area contributed by atoms with Gasteiger partial charge in [-0.2, -0.15) is 4.58 Å². The summed E-state index contributed by atoms with van der Waals surface area (Å²) in [5.41, 5.74) is 11.3. The summed E-state index contributed by atoms with van der Waals surface area (Å²) < 4.78 is 2.63. The monoisotopic (exact) mass is 725 g/mol. The van der Waals surface area contributed by atoms with Crippen LogP contribution < -0.4 is 4.90 Å². The van der Waals surface area contributed by atoms with Crippen LogP contribution in [-0.4, -0.2) is 23.9 Å². The van der Waals surface area contributed by atoms with Crippen molar-refractivity contribution in [1.82, 2.24) is 0 Å². The van der Waals surface area contributed by atoms with E-state index in [1.807, 2.05) is 6.07 Å². The van der Waals surface area contributed by atoms with Crippen molar-refractivity contribution in [3.63, 3.8) is 0 Å². The van der Waals surface area contributed by atoms with Crippen LogP contribution in [0.1, 0.15) is 55.0 Å². The standard InChI is InChI=1S/C51H50ClN2/c1-37(2)31-32-54-46-29-27-41-23-14-15-24-43(41)49(46)50(3,34-38-17-8-5-9-18-38)47(54)25-16-26-48-51(35-39-19-10-6-11-20-39,36-40-21-12-7-13-22-40)44-33-42(52)28-30-45(44)53(48)4/h5-30,33,37H,31-32,34-36H2,1-4H3/q+1. The van der Waals surface area contributed by atoms with Gasteiger partial charge in [-0.15, -0.1) is 0 Å². The number of hydrogen-bond acceptors (Lipinski definition) is 1. The minimum Gasteiger partial charge on any atom is -0.347 e. The number of fused-ring (bicyclic) bond motifs is 4. The molecule has 8 rings (SSSR count). The third-order valence-electron chi connectivity index (χ3n) is 11.8. The van der Waals surface area contributed by atoms with E-state index in [9.17, 15) is 0 Å². The Morgan fingerprint density at radius 1 is 0.704 bits per heavy atom. The largest absolute Gasteiger partial charge is 0.347 e. The van der Waals surface area contributed by atoms with Crippen LogP contribution in [0.3, 0.4) is 0 Å². The molecule has 0 fully saturated rings. The molecule has 1 atom stereocenters. The minimum atomic E-state index is -0.327. The SMILES string of the molecule is CC(C)CC[N+]1=C(/C=C/C=C2/N(C)c3ccc(Cl)cc3C2(Cc2ccccc2)Cc2ccccc2)C(C)(Cc2ccccc2)c2c1ccc1ccccc21. The summed E-state index contributed by atoms with van der Waals surface area (Å²) in [5.74, 6) is 0.594. The molecular formula is C51H50ClN2+. The molecular weight excluding hydrogens is 676 g/mol. The van der Waals surface area contributed by atoms with E-state index < -0.39 is 0 Å². The van der Waals surface area contributed by atoms with Gasteiger partial charge in [-0.1, -0.05) is 147 Å². The maximum Gasteiger partial charge on any atom is 0.210 e. The summed E-state index contributed by atoms with van der Waals surface area (Å²) >= 11 is 6.83. The number of hydrogen-bond donors (Lipinski definition) is 0. The van der Waals surface area contributed by atoms with Gasteiger partial charge in [-0.05, 0) is 95.5 Å². The van der Waals surface area contributed by atoms with Crippen LogP contribution >= 0.6 is 11.6 Å². The zero-order valence-electron chi connectivity index (χ0n) is 32.0. The van der Waals surface area contributed by atoms with Crippen LogP contribution in [-0.2, 0) is 30.1 Å². The average Bonchev–Trinajstić information content (AvgIpc) is 3.54. The number of likely N-dealkylation sites (N-methyl/N-ethyl adjacent to an activating group) is 1. The van der Waals surface area contributed by atoms with Crippen molar-refractivity contribution in [2.45, 2.75) is 57.3 Å². The van der Waals surface area contributed by atoms with Gasteiger partial charge in [0.1, 0.15) is 6.54 Å². The molecule has 3 heteroatoms. The molecule has 0 saturated heterocycles. The molecule has 2 nitrogen and oxygen atoms in total. The molecule has 0 bridgehead atoms. The highest BCUT2D eigenvalue weighted by atomic mass is 35.5. The van der Waals surface area contributed by atoms with Crippen LogP contribution in [0.25, 0.3) is 10.8 Å². The third kappa shape index (κ3) is 6.62. The van der Waals surface area contributed by atoms with Gasteiger partial charge in [-0.3, -0.25) is 0 Å². The molecule has 54 heavy (non-hydrogen) atoms. The quantitative estimate of drug-likeness (QED) is 0.121. The van der Waals surface area contributed by atoms with E-state index in [1.54, 1.807) is 0 Å². The van der Waals surface area contributed by atoms with Gasteiger partial charge in [0.25, 0.3) is 0 Å². The zero-order valence-corrected chi connectivity index (χ0v) is 32.7. The lowest BCUT2D eigenvalue weighted by Gasteiger charge is -2.33. The number of rotatable bonds is 11. The first-order chi connectivity index (χ1) is 26.3. The number of benzene rings is 6. The number of anilines is 1. The molecule has 0 aromatic heterocycles. The first-order valence-electron chi connectivity index (χ1n) is 19.5. The van der Waals surface area contributed by atoms with E-state index in [0.29, 0.717) is 5.92 Å². The lowest BCUT2D eigenvalue weighted by Crippen LogP contribution is -2.35. The highest BCUT2D eigenvalue weighted by molar-refractivity contribution is 6.30. The van der Waals surface area contributed by atoms with E-state index in [4.69, 9.17) is 11.6 Å². The normalized spacial score (nSPS) is 18.3. The number of halogens is 1. The van der Waals surface area contributed by atoms with Crippen molar-refractivity contribution in [2.24, 2.45) is 5.92 Å². The molecule has 0 aliphatic carbocycles. The Balaban J connectivity index is 1.32. The molecule has 0 amide bonds. The lowest BCUT2D eigenvalue weighted by atomic mass is 9.70. The molecule has 270 valence electrons. The van der Waals surface area contributed by atoms with Crippen LogP contribution in [0.2, 0.25) is 5.02 Å². The van der Waals surface area contributed by atoms with Crippen molar-refractivity contribution in [3.05, 3.63) is 202 Å². The molecule has 2 aliphatic heterocycles. The molecule has 2 heterocycles. The highest BCUT2D eigenvalue weighted by Crippen LogP contribution is 2.52.